The van der Waals surface area contributed by atoms with Crippen LogP contribution in [0.2, 0.25) is 0 Å². The predicted molar refractivity (Wildman–Crippen MR) is 93.1 cm³/mol. The van der Waals surface area contributed by atoms with E-state index in [1.165, 1.54) is 0 Å². The highest BCUT2D eigenvalue weighted by molar-refractivity contribution is 7.91. The maximum Gasteiger partial charge on any atom is 0.191 e. The normalized spacial score (nSPS) is 24.0. The lowest BCUT2D eigenvalue weighted by atomic mass is 10.1. The van der Waals surface area contributed by atoms with Crippen LogP contribution in [0.1, 0.15) is 34.6 Å². The van der Waals surface area contributed by atoms with Crippen molar-refractivity contribution in [2.45, 2.75) is 46.7 Å². The Morgan fingerprint density at radius 2 is 2.00 bits per heavy atom. The van der Waals surface area contributed by atoms with E-state index in [9.17, 15) is 8.42 Å². The van der Waals surface area contributed by atoms with Gasteiger partial charge in [-0.05, 0) is 26.7 Å². The fourth-order valence-corrected chi connectivity index (χ4v) is 3.21. The summed E-state index contributed by atoms with van der Waals surface area (Å²) in [6.07, 6.45) is 0. The van der Waals surface area contributed by atoms with E-state index >= 15 is 0 Å². The lowest BCUT2D eigenvalue weighted by molar-refractivity contribution is 0.265. The summed E-state index contributed by atoms with van der Waals surface area (Å²) in [6.45, 7) is 13.5. The summed E-state index contributed by atoms with van der Waals surface area (Å²) >= 11 is 0. The van der Waals surface area contributed by atoms with E-state index in [-0.39, 0.29) is 11.5 Å². The predicted octanol–water partition coefficient (Wildman–Crippen LogP) is 0.705. The largest absolute Gasteiger partial charge is 0.357 e. The van der Waals surface area contributed by atoms with Crippen LogP contribution in [0.25, 0.3) is 0 Å². The van der Waals surface area contributed by atoms with Crippen LogP contribution >= 0.6 is 0 Å². The maximum absolute atomic E-state index is 11.5. The van der Waals surface area contributed by atoms with Crippen molar-refractivity contribution in [3.63, 3.8) is 0 Å². The summed E-state index contributed by atoms with van der Waals surface area (Å²) < 4.78 is 23.1. The second-order valence-corrected chi connectivity index (χ2v) is 8.75. The zero-order valence-electron chi connectivity index (χ0n) is 14.6. The van der Waals surface area contributed by atoms with Crippen LogP contribution in [-0.4, -0.2) is 69.0 Å². The summed E-state index contributed by atoms with van der Waals surface area (Å²) in [4.78, 5) is 6.86. The number of hydrogen-bond acceptors (Lipinski definition) is 4. The van der Waals surface area contributed by atoms with Crippen LogP contribution in [0, 0.1) is 5.92 Å². The fraction of sp³-hybridized carbons (Fsp3) is 0.933. The highest BCUT2D eigenvalue weighted by Gasteiger charge is 2.31. The number of nitrogens with zero attached hydrogens (tertiary/aromatic N) is 2. The first-order valence-corrected chi connectivity index (χ1v) is 10.1. The molecule has 2 N–H and O–H groups in total. The van der Waals surface area contributed by atoms with Crippen molar-refractivity contribution in [1.82, 2.24) is 15.5 Å². The second kappa shape index (κ2) is 8.72. The van der Waals surface area contributed by atoms with Gasteiger partial charge in [0.05, 0.1) is 12.3 Å². The molecule has 0 amide bonds. The number of guanidine groups is 1. The Morgan fingerprint density at radius 3 is 2.50 bits per heavy atom. The quantitative estimate of drug-likeness (QED) is 0.530. The van der Waals surface area contributed by atoms with E-state index in [1.54, 1.807) is 6.92 Å². The molecule has 1 fully saturated rings. The number of nitrogens with one attached hydrogen (secondary N) is 2. The van der Waals surface area contributed by atoms with Gasteiger partial charge in [0.1, 0.15) is 0 Å². The van der Waals surface area contributed by atoms with Crippen molar-refractivity contribution in [3.05, 3.63) is 0 Å². The van der Waals surface area contributed by atoms with Gasteiger partial charge in [-0.2, -0.15) is 0 Å². The molecule has 1 aliphatic rings. The van der Waals surface area contributed by atoms with E-state index in [0.29, 0.717) is 24.5 Å². The van der Waals surface area contributed by atoms with Crippen molar-refractivity contribution in [3.8, 4) is 0 Å². The fourth-order valence-electron chi connectivity index (χ4n) is 2.55. The van der Waals surface area contributed by atoms with Crippen molar-refractivity contribution >= 4 is 15.8 Å². The molecule has 0 aromatic rings. The van der Waals surface area contributed by atoms with Crippen molar-refractivity contribution < 1.29 is 8.42 Å². The average Bonchev–Trinajstić information content (AvgIpc) is 2.80. The molecule has 0 spiro atoms. The summed E-state index contributed by atoms with van der Waals surface area (Å²) in [6, 6.07) is 0.895. The molecule has 1 heterocycles. The first-order valence-electron chi connectivity index (χ1n) is 8.28. The molecule has 2 unspecified atom stereocenters. The smallest absolute Gasteiger partial charge is 0.191 e. The third-order valence-corrected chi connectivity index (χ3v) is 5.83. The molecule has 0 saturated carbocycles. The third-order valence-electron chi connectivity index (χ3n) is 4.15. The molecule has 1 saturated heterocycles. The summed E-state index contributed by atoms with van der Waals surface area (Å²) in [5, 5.41) is 6.66. The Hall–Kier alpha value is -0.820. The topological polar surface area (TPSA) is 73.8 Å². The minimum Gasteiger partial charge on any atom is -0.357 e. The summed E-state index contributed by atoms with van der Waals surface area (Å²) in [7, 11) is -2.96. The minimum absolute atomic E-state index is 0.110. The van der Waals surface area contributed by atoms with Crippen LogP contribution in [0.3, 0.4) is 0 Å². The third kappa shape index (κ3) is 6.12. The van der Waals surface area contributed by atoms with E-state index in [4.69, 9.17) is 0 Å². The molecule has 0 radical (unpaired) electrons. The van der Waals surface area contributed by atoms with Gasteiger partial charge in [0.15, 0.2) is 15.8 Å². The van der Waals surface area contributed by atoms with Gasteiger partial charge in [0.2, 0.25) is 0 Å². The van der Waals surface area contributed by atoms with Crippen molar-refractivity contribution in [1.29, 1.82) is 0 Å². The molecule has 0 aliphatic carbocycles. The zero-order chi connectivity index (χ0) is 16.8. The van der Waals surface area contributed by atoms with Crippen molar-refractivity contribution in [2.75, 3.05) is 37.7 Å². The number of sulfone groups is 1. The molecule has 2 atom stereocenters. The van der Waals surface area contributed by atoms with Crippen LogP contribution in [0.5, 0.6) is 0 Å². The van der Waals surface area contributed by atoms with Gasteiger partial charge >= 0.3 is 0 Å². The lowest BCUT2D eigenvalue weighted by Gasteiger charge is -2.21. The molecule has 0 aromatic carbocycles. The first kappa shape index (κ1) is 19.2. The Kier molecular flexibility index (Phi) is 7.62. The van der Waals surface area contributed by atoms with Gasteiger partial charge in [-0.3, -0.25) is 9.89 Å². The molecule has 22 heavy (non-hydrogen) atoms. The number of hydrogen-bond donors (Lipinski definition) is 2. The molecular formula is C15H32N4O2S. The molecule has 130 valence electrons. The van der Waals surface area contributed by atoms with Crippen LogP contribution in [0.15, 0.2) is 4.99 Å². The Bertz CT molecular complexity index is 462. The van der Waals surface area contributed by atoms with Crippen molar-refractivity contribution in [2.24, 2.45) is 10.9 Å². The Morgan fingerprint density at radius 1 is 1.32 bits per heavy atom. The standard InChI is InChI=1S/C15H32N4O2S/c1-6-16-15(17-8-9-22(20,21)7-2)18-14-11-19(12(3)4)10-13(14)5/h12-14H,6-11H2,1-5H3,(H2,16,17,18). The molecule has 0 bridgehead atoms. The number of aliphatic imine (C=N–C) groups is 1. The number of likely N-dealkylation sites (tertiary alicyclic amines) is 1. The van der Waals surface area contributed by atoms with Gasteiger partial charge in [0, 0.05) is 37.5 Å². The Balaban J connectivity index is 2.60. The Labute approximate surface area is 135 Å². The summed E-state index contributed by atoms with van der Waals surface area (Å²) in [5.41, 5.74) is 0. The van der Waals surface area contributed by atoms with Gasteiger partial charge in [0.25, 0.3) is 0 Å². The van der Waals surface area contributed by atoms with E-state index in [2.05, 4.69) is 41.3 Å². The monoisotopic (exact) mass is 332 g/mol. The van der Waals surface area contributed by atoms with Crippen LogP contribution < -0.4 is 10.6 Å². The molecule has 7 heteroatoms. The molecule has 1 rings (SSSR count). The van der Waals surface area contributed by atoms with E-state index in [1.807, 2.05) is 6.92 Å². The summed E-state index contributed by atoms with van der Waals surface area (Å²) in [5.74, 6) is 1.55. The molecule has 0 aromatic heterocycles. The number of rotatable bonds is 7. The van der Waals surface area contributed by atoms with Crippen LogP contribution in [-0.2, 0) is 9.84 Å². The van der Waals surface area contributed by atoms with E-state index < -0.39 is 9.84 Å². The highest BCUT2D eigenvalue weighted by Crippen LogP contribution is 2.18. The minimum atomic E-state index is -2.96. The molecule has 1 aliphatic heterocycles. The molecular weight excluding hydrogens is 300 g/mol. The van der Waals surface area contributed by atoms with Gasteiger partial charge in [-0.1, -0.05) is 13.8 Å². The van der Waals surface area contributed by atoms with Gasteiger partial charge in [-0.25, -0.2) is 8.42 Å². The van der Waals surface area contributed by atoms with Gasteiger partial charge in [-0.15, -0.1) is 0 Å². The highest BCUT2D eigenvalue weighted by atomic mass is 32.2. The maximum atomic E-state index is 11.5. The molecule has 6 nitrogen and oxygen atoms in total. The SMILES string of the molecule is CCNC(=NCCS(=O)(=O)CC)NC1CN(C(C)C)CC1C. The lowest BCUT2D eigenvalue weighted by Crippen LogP contribution is -2.47. The zero-order valence-corrected chi connectivity index (χ0v) is 15.4. The van der Waals surface area contributed by atoms with E-state index in [0.717, 1.165) is 25.6 Å². The van der Waals surface area contributed by atoms with Crippen LogP contribution in [0.4, 0.5) is 0 Å². The first-order chi connectivity index (χ1) is 10.3. The average molecular weight is 333 g/mol. The van der Waals surface area contributed by atoms with Gasteiger partial charge < -0.3 is 10.6 Å². The second-order valence-electron chi connectivity index (χ2n) is 6.27.